The minimum Gasteiger partial charge on any atom is -0.468 e. The molecule has 0 unspecified atom stereocenters. The second-order valence-corrected chi connectivity index (χ2v) is 6.83. The molecule has 0 atom stereocenters. The van der Waals surface area contributed by atoms with E-state index in [1.165, 1.54) is 30.6 Å². The van der Waals surface area contributed by atoms with Crippen molar-refractivity contribution in [1.29, 1.82) is 0 Å². The number of anilines is 2. The van der Waals surface area contributed by atoms with Crippen LogP contribution in [0.25, 0.3) is 11.1 Å². The lowest BCUT2D eigenvalue weighted by Gasteiger charge is -2.14. The highest BCUT2D eigenvalue weighted by molar-refractivity contribution is 6.33. The summed E-state index contributed by atoms with van der Waals surface area (Å²) in [5.74, 6) is -0.707. The largest absolute Gasteiger partial charge is 0.468 e. The van der Waals surface area contributed by atoms with Crippen LogP contribution in [-0.4, -0.2) is 28.7 Å². The maximum absolute atomic E-state index is 12.6. The summed E-state index contributed by atoms with van der Waals surface area (Å²) in [6.07, 6.45) is -0.330. The monoisotopic (exact) mass is 436 g/mol. The fraction of sp³-hybridized carbons (Fsp3) is 0.150. The SMILES string of the molecule is Cc1cncc(C(=O)Nc2cnc(OCC(F)(F)F)c(-c3ccc(N)c(Cl)c3)c2)c1. The number of carbonyl (C=O) groups is 1. The van der Waals surface area contributed by atoms with Gasteiger partial charge in [0.05, 0.1) is 28.2 Å². The molecule has 156 valence electrons. The second-order valence-electron chi connectivity index (χ2n) is 6.42. The third-order valence-corrected chi connectivity index (χ3v) is 4.26. The van der Waals surface area contributed by atoms with Crippen molar-refractivity contribution >= 4 is 28.9 Å². The molecule has 2 aromatic heterocycles. The smallest absolute Gasteiger partial charge is 0.422 e. The van der Waals surface area contributed by atoms with E-state index in [4.69, 9.17) is 22.1 Å². The van der Waals surface area contributed by atoms with Gasteiger partial charge in [-0.15, -0.1) is 0 Å². The number of hydrogen-bond donors (Lipinski definition) is 2. The number of pyridine rings is 2. The van der Waals surface area contributed by atoms with Crippen LogP contribution in [0.1, 0.15) is 15.9 Å². The van der Waals surface area contributed by atoms with E-state index in [-0.39, 0.29) is 22.2 Å². The number of aryl methyl sites for hydroxylation is 1. The van der Waals surface area contributed by atoms with Gasteiger partial charge < -0.3 is 15.8 Å². The lowest BCUT2D eigenvalue weighted by atomic mass is 10.1. The first-order chi connectivity index (χ1) is 14.1. The van der Waals surface area contributed by atoms with Crippen molar-refractivity contribution in [1.82, 2.24) is 9.97 Å². The Kier molecular flexibility index (Phi) is 6.12. The van der Waals surface area contributed by atoms with E-state index in [0.717, 1.165) is 5.56 Å². The summed E-state index contributed by atoms with van der Waals surface area (Å²) in [6.45, 7) is 0.275. The van der Waals surface area contributed by atoms with E-state index in [9.17, 15) is 18.0 Å². The third kappa shape index (κ3) is 5.38. The van der Waals surface area contributed by atoms with Gasteiger partial charge in [-0.1, -0.05) is 17.7 Å². The van der Waals surface area contributed by atoms with Crippen LogP contribution < -0.4 is 15.8 Å². The van der Waals surface area contributed by atoms with Crippen LogP contribution in [0.3, 0.4) is 0 Å². The van der Waals surface area contributed by atoms with Gasteiger partial charge in [0, 0.05) is 18.0 Å². The van der Waals surface area contributed by atoms with Crippen LogP contribution in [0.5, 0.6) is 5.88 Å². The summed E-state index contributed by atoms with van der Waals surface area (Å²) in [4.78, 5) is 20.4. The topological polar surface area (TPSA) is 90.1 Å². The normalized spacial score (nSPS) is 11.2. The molecule has 0 saturated heterocycles. The third-order valence-electron chi connectivity index (χ3n) is 3.93. The number of carbonyl (C=O) groups excluding carboxylic acids is 1. The van der Waals surface area contributed by atoms with E-state index < -0.39 is 18.7 Å². The number of hydrogen-bond acceptors (Lipinski definition) is 5. The summed E-state index contributed by atoms with van der Waals surface area (Å²) >= 11 is 6.04. The minimum atomic E-state index is -4.54. The number of benzene rings is 1. The highest BCUT2D eigenvalue weighted by Gasteiger charge is 2.29. The number of nitrogens with one attached hydrogen (secondary N) is 1. The van der Waals surface area contributed by atoms with E-state index in [0.29, 0.717) is 16.8 Å². The molecule has 0 aliphatic rings. The summed E-state index contributed by atoms with van der Waals surface area (Å²) in [5.41, 5.74) is 8.02. The number of nitrogen functional groups attached to an aromatic ring is 1. The molecule has 6 nitrogen and oxygen atoms in total. The van der Waals surface area contributed by atoms with E-state index >= 15 is 0 Å². The average Bonchev–Trinajstić information content (AvgIpc) is 2.68. The van der Waals surface area contributed by atoms with Crippen LogP contribution in [0.4, 0.5) is 24.5 Å². The molecule has 10 heteroatoms. The van der Waals surface area contributed by atoms with Gasteiger partial charge in [0.2, 0.25) is 5.88 Å². The number of nitrogens with two attached hydrogens (primary N) is 1. The van der Waals surface area contributed by atoms with Crippen LogP contribution >= 0.6 is 11.6 Å². The molecule has 0 spiro atoms. The van der Waals surface area contributed by atoms with Crippen molar-refractivity contribution in [3.05, 3.63) is 65.1 Å². The number of aromatic nitrogens is 2. The summed E-state index contributed by atoms with van der Waals surface area (Å²) in [5, 5.41) is 2.86. The zero-order valence-corrected chi connectivity index (χ0v) is 16.4. The minimum absolute atomic E-state index is 0.210. The molecule has 3 rings (SSSR count). The second kappa shape index (κ2) is 8.58. The molecule has 3 N–H and O–H groups in total. The molecule has 0 bridgehead atoms. The fourth-order valence-corrected chi connectivity index (χ4v) is 2.75. The van der Waals surface area contributed by atoms with Crippen LogP contribution in [0.15, 0.2) is 48.9 Å². The Hall–Kier alpha value is -3.33. The number of ether oxygens (including phenoxy) is 1. The maximum atomic E-state index is 12.6. The van der Waals surface area contributed by atoms with E-state index in [1.807, 2.05) is 0 Å². The van der Waals surface area contributed by atoms with Gasteiger partial charge >= 0.3 is 6.18 Å². The van der Waals surface area contributed by atoms with E-state index in [2.05, 4.69) is 15.3 Å². The first-order valence-electron chi connectivity index (χ1n) is 8.60. The van der Waals surface area contributed by atoms with Gasteiger partial charge in [0.25, 0.3) is 5.91 Å². The highest BCUT2D eigenvalue weighted by atomic mass is 35.5. The molecule has 0 saturated carbocycles. The van der Waals surface area contributed by atoms with Crippen molar-refractivity contribution in [3.8, 4) is 17.0 Å². The van der Waals surface area contributed by atoms with Gasteiger partial charge in [-0.05, 0) is 42.3 Å². The molecule has 0 aliphatic heterocycles. The Morgan fingerprint density at radius 1 is 1.20 bits per heavy atom. The van der Waals surface area contributed by atoms with Crippen LogP contribution in [0, 0.1) is 6.92 Å². The molecule has 2 heterocycles. The van der Waals surface area contributed by atoms with Crippen molar-refractivity contribution in [3.63, 3.8) is 0 Å². The van der Waals surface area contributed by atoms with Crippen molar-refractivity contribution in [2.24, 2.45) is 0 Å². The Morgan fingerprint density at radius 2 is 1.97 bits per heavy atom. The van der Waals surface area contributed by atoms with Gasteiger partial charge in [-0.3, -0.25) is 9.78 Å². The van der Waals surface area contributed by atoms with Crippen molar-refractivity contribution < 1.29 is 22.7 Å². The first kappa shape index (κ1) is 21.4. The summed E-state index contributed by atoms with van der Waals surface area (Å²) in [7, 11) is 0. The van der Waals surface area contributed by atoms with E-state index in [1.54, 1.807) is 25.3 Å². The molecular formula is C20H16ClF3N4O2. The molecular weight excluding hydrogens is 421 g/mol. The molecule has 1 amide bonds. The quantitative estimate of drug-likeness (QED) is 0.556. The molecule has 0 aliphatic carbocycles. The predicted molar refractivity (Wildman–Crippen MR) is 108 cm³/mol. The lowest BCUT2D eigenvalue weighted by molar-refractivity contribution is -0.154. The zero-order chi connectivity index (χ0) is 21.9. The first-order valence-corrected chi connectivity index (χ1v) is 8.98. The fourth-order valence-electron chi connectivity index (χ4n) is 2.57. The van der Waals surface area contributed by atoms with Crippen LogP contribution in [-0.2, 0) is 0 Å². The van der Waals surface area contributed by atoms with Crippen molar-refractivity contribution in [2.45, 2.75) is 13.1 Å². The van der Waals surface area contributed by atoms with Crippen molar-refractivity contribution in [2.75, 3.05) is 17.7 Å². The van der Waals surface area contributed by atoms with Gasteiger partial charge in [0.15, 0.2) is 6.61 Å². The molecule has 0 fully saturated rings. The highest BCUT2D eigenvalue weighted by Crippen LogP contribution is 2.34. The molecule has 3 aromatic rings. The lowest BCUT2D eigenvalue weighted by Crippen LogP contribution is -2.20. The summed E-state index contributed by atoms with van der Waals surface area (Å²) < 4.78 is 42.7. The predicted octanol–water partition coefficient (Wildman–Crippen LogP) is 4.88. The Morgan fingerprint density at radius 3 is 2.63 bits per heavy atom. The molecule has 0 radical (unpaired) electrons. The number of halogens is 4. The van der Waals surface area contributed by atoms with Gasteiger partial charge in [0.1, 0.15) is 0 Å². The number of nitrogens with zero attached hydrogens (tertiary/aromatic N) is 2. The number of alkyl halides is 3. The number of amides is 1. The Labute approximate surface area is 174 Å². The number of rotatable bonds is 5. The zero-order valence-electron chi connectivity index (χ0n) is 15.6. The summed E-state index contributed by atoms with van der Waals surface area (Å²) in [6, 6.07) is 7.65. The molecule has 30 heavy (non-hydrogen) atoms. The Bertz CT molecular complexity index is 1090. The van der Waals surface area contributed by atoms with Crippen LogP contribution in [0.2, 0.25) is 5.02 Å². The average molecular weight is 437 g/mol. The maximum Gasteiger partial charge on any atom is 0.422 e. The Balaban J connectivity index is 1.95. The molecule has 1 aromatic carbocycles. The van der Waals surface area contributed by atoms with Gasteiger partial charge in [-0.2, -0.15) is 13.2 Å². The van der Waals surface area contributed by atoms with Gasteiger partial charge in [-0.25, -0.2) is 4.98 Å². The standard InChI is InChI=1S/C20H16ClF3N4O2/c1-11-4-13(8-26-7-11)18(29)28-14-6-15(12-2-3-17(25)16(21)5-12)19(27-9-14)30-10-20(22,23)24/h2-9H,10,25H2,1H3,(H,28,29).